The van der Waals surface area contributed by atoms with E-state index in [4.69, 9.17) is 18.6 Å². The molecule has 1 amide bonds. The van der Waals surface area contributed by atoms with Crippen LogP contribution in [0.5, 0.6) is 5.75 Å². The average molecular weight is 545 g/mol. The van der Waals surface area contributed by atoms with Crippen molar-refractivity contribution in [3.8, 4) is 16.9 Å². The Bertz CT molecular complexity index is 1480. The SMILES string of the molecule is CNCc1cc2cc(COc3ccccc3CC(=O)OC)cc(-c3cccc(CNC(=O)OC(C)(C)C)c3)c2o1. The van der Waals surface area contributed by atoms with Gasteiger partial charge in [-0.25, -0.2) is 4.79 Å². The number of carbonyl (C=O) groups excluding carboxylic acids is 2. The normalized spacial score (nSPS) is 11.3. The van der Waals surface area contributed by atoms with Crippen LogP contribution in [0.4, 0.5) is 4.79 Å². The molecule has 0 aliphatic carbocycles. The maximum Gasteiger partial charge on any atom is 0.407 e. The van der Waals surface area contributed by atoms with Gasteiger partial charge in [-0.1, -0.05) is 36.4 Å². The predicted octanol–water partition coefficient (Wildman–Crippen LogP) is 6.14. The van der Waals surface area contributed by atoms with Gasteiger partial charge in [-0.2, -0.15) is 0 Å². The molecule has 1 aromatic heterocycles. The number of hydrogen-bond donors (Lipinski definition) is 2. The first kappa shape index (κ1) is 28.7. The molecular formula is C32H36N2O6. The summed E-state index contributed by atoms with van der Waals surface area (Å²) in [4.78, 5) is 24.0. The van der Waals surface area contributed by atoms with Gasteiger partial charge in [0.15, 0.2) is 0 Å². The summed E-state index contributed by atoms with van der Waals surface area (Å²) in [6.07, 6.45) is -0.328. The van der Waals surface area contributed by atoms with Crippen molar-refractivity contribution in [2.24, 2.45) is 0 Å². The molecule has 2 N–H and O–H groups in total. The maximum atomic E-state index is 12.2. The molecule has 4 rings (SSSR count). The number of fused-ring (bicyclic) bond motifs is 1. The largest absolute Gasteiger partial charge is 0.489 e. The molecule has 0 saturated heterocycles. The Kier molecular flexibility index (Phi) is 9.11. The lowest BCUT2D eigenvalue weighted by atomic mass is 9.99. The molecule has 3 aromatic carbocycles. The van der Waals surface area contributed by atoms with Crippen molar-refractivity contribution in [2.75, 3.05) is 14.2 Å². The molecule has 0 unspecified atom stereocenters. The summed E-state index contributed by atoms with van der Waals surface area (Å²) in [6.45, 7) is 6.72. The summed E-state index contributed by atoms with van der Waals surface area (Å²) >= 11 is 0. The lowest BCUT2D eigenvalue weighted by Gasteiger charge is -2.19. The fourth-order valence-corrected chi connectivity index (χ4v) is 4.34. The van der Waals surface area contributed by atoms with E-state index in [2.05, 4.69) is 22.8 Å². The van der Waals surface area contributed by atoms with Crippen LogP contribution >= 0.6 is 0 Å². The molecule has 0 radical (unpaired) electrons. The van der Waals surface area contributed by atoms with Crippen molar-refractivity contribution in [2.45, 2.75) is 52.5 Å². The molecule has 0 aliphatic heterocycles. The maximum absolute atomic E-state index is 12.2. The van der Waals surface area contributed by atoms with Gasteiger partial charge in [0.1, 0.15) is 29.3 Å². The number of carbonyl (C=O) groups is 2. The number of nitrogens with one attached hydrogen (secondary N) is 2. The first-order chi connectivity index (χ1) is 19.1. The summed E-state index contributed by atoms with van der Waals surface area (Å²) in [5.41, 5.74) is 4.72. The smallest absolute Gasteiger partial charge is 0.407 e. The zero-order valence-corrected chi connectivity index (χ0v) is 23.6. The molecule has 0 saturated carbocycles. The van der Waals surface area contributed by atoms with Crippen LogP contribution in [0.2, 0.25) is 0 Å². The number of furan rings is 1. The Labute approximate surface area is 234 Å². The molecule has 4 aromatic rings. The fourth-order valence-electron chi connectivity index (χ4n) is 4.34. The van der Waals surface area contributed by atoms with Gasteiger partial charge in [-0.15, -0.1) is 0 Å². The van der Waals surface area contributed by atoms with E-state index in [1.807, 2.05) is 82.4 Å². The Morgan fingerprint density at radius 3 is 2.48 bits per heavy atom. The quantitative estimate of drug-likeness (QED) is 0.231. The molecule has 8 nitrogen and oxygen atoms in total. The Balaban J connectivity index is 1.62. The molecule has 40 heavy (non-hydrogen) atoms. The van der Waals surface area contributed by atoms with Gasteiger partial charge in [0.05, 0.1) is 20.1 Å². The molecule has 0 spiro atoms. The molecule has 1 heterocycles. The minimum absolute atomic E-state index is 0.135. The number of hydrogen-bond acceptors (Lipinski definition) is 7. The summed E-state index contributed by atoms with van der Waals surface area (Å²) in [6, 6.07) is 21.5. The molecule has 0 bridgehead atoms. The molecule has 210 valence electrons. The first-order valence-corrected chi connectivity index (χ1v) is 13.2. The highest BCUT2D eigenvalue weighted by atomic mass is 16.6. The van der Waals surface area contributed by atoms with Gasteiger partial charge in [0.2, 0.25) is 0 Å². The molecular weight excluding hydrogens is 508 g/mol. The summed E-state index contributed by atoms with van der Waals surface area (Å²) in [5.74, 6) is 1.13. The van der Waals surface area contributed by atoms with E-state index in [1.54, 1.807) is 0 Å². The van der Waals surface area contributed by atoms with E-state index in [-0.39, 0.29) is 12.4 Å². The van der Waals surface area contributed by atoms with Crippen LogP contribution in [0.25, 0.3) is 22.1 Å². The number of alkyl carbamates (subject to hydrolysis) is 1. The van der Waals surface area contributed by atoms with Crippen LogP contribution in [0, 0.1) is 0 Å². The molecule has 0 aliphatic rings. The van der Waals surface area contributed by atoms with Crippen LogP contribution < -0.4 is 15.4 Å². The molecule has 8 heteroatoms. The van der Waals surface area contributed by atoms with E-state index >= 15 is 0 Å². The highest BCUT2D eigenvalue weighted by Gasteiger charge is 2.17. The lowest BCUT2D eigenvalue weighted by molar-refractivity contribution is -0.139. The number of ether oxygens (including phenoxy) is 3. The minimum atomic E-state index is -0.565. The van der Waals surface area contributed by atoms with Crippen LogP contribution in [-0.4, -0.2) is 31.8 Å². The van der Waals surface area contributed by atoms with E-state index in [9.17, 15) is 9.59 Å². The minimum Gasteiger partial charge on any atom is -0.489 e. The van der Waals surface area contributed by atoms with Crippen molar-refractivity contribution >= 4 is 23.0 Å². The van der Waals surface area contributed by atoms with Crippen molar-refractivity contribution in [3.63, 3.8) is 0 Å². The highest BCUT2D eigenvalue weighted by molar-refractivity contribution is 5.93. The third-order valence-corrected chi connectivity index (χ3v) is 6.08. The second kappa shape index (κ2) is 12.7. The topological polar surface area (TPSA) is 99.0 Å². The third-order valence-electron chi connectivity index (χ3n) is 6.08. The van der Waals surface area contributed by atoms with Gasteiger partial charge in [0, 0.05) is 23.1 Å². The van der Waals surface area contributed by atoms with Crippen LogP contribution in [0.3, 0.4) is 0 Å². The number of esters is 1. The van der Waals surface area contributed by atoms with Gasteiger partial charge in [-0.3, -0.25) is 4.79 Å². The van der Waals surface area contributed by atoms with Crippen molar-refractivity contribution < 1.29 is 28.2 Å². The Hall–Kier alpha value is -4.30. The van der Waals surface area contributed by atoms with Crippen molar-refractivity contribution in [3.05, 3.63) is 89.2 Å². The number of methoxy groups -OCH3 is 1. The van der Waals surface area contributed by atoms with E-state index in [0.29, 0.717) is 25.4 Å². The summed E-state index contributed by atoms with van der Waals surface area (Å²) in [7, 11) is 3.25. The van der Waals surface area contributed by atoms with E-state index in [0.717, 1.165) is 44.5 Å². The van der Waals surface area contributed by atoms with Crippen molar-refractivity contribution in [1.29, 1.82) is 0 Å². The van der Waals surface area contributed by atoms with E-state index in [1.165, 1.54) is 7.11 Å². The summed E-state index contributed by atoms with van der Waals surface area (Å²) in [5, 5.41) is 6.92. The zero-order valence-electron chi connectivity index (χ0n) is 23.6. The van der Waals surface area contributed by atoms with Gasteiger partial charge >= 0.3 is 12.1 Å². The van der Waals surface area contributed by atoms with Gasteiger partial charge < -0.3 is 29.3 Å². The van der Waals surface area contributed by atoms with Gasteiger partial charge in [-0.05, 0) is 74.8 Å². The molecule has 0 atom stereocenters. The van der Waals surface area contributed by atoms with E-state index < -0.39 is 11.7 Å². The second-order valence-corrected chi connectivity index (χ2v) is 10.5. The van der Waals surface area contributed by atoms with Crippen molar-refractivity contribution in [1.82, 2.24) is 10.6 Å². The van der Waals surface area contributed by atoms with Crippen LogP contribution in [-0.2, 0) is 40.4 Å². The molecule has 0 fully saturated rings. The average Bonchev–Trinajstić information content (AvgIpc) is 3.32. The monoisotopic (exact) mass is 544 g/mol. The Morgan fingerprint density at radius 2 is 1.73 bits per heavy atom. The Morgan fingerprint density at radius 1 is 0.925 bits per heavy atom. The standard InChI is InChI=1S/C32H36N2O6/c1-32(2,3)40-31(36)34-18-21-9-8-11-23(13-21)27-15-22(14-25-16-26(19-33-4)39-30(25)27)20-38-28-12-7-6-10-24(28)17-29(35)37-5/h6-16,33H,17-20H2,1-5H3,(H,34,36). The zero-order chi connectivity index (χ0) is 28.7. The number of rotatable bonds is 10. The first-order valence-electron chi connectivity index (χ1n) is 13.2. The predicted molar refractivity (Wildman–Crippen MR) is 154 cm³/mol. The van der Waals surface area contributed by atoms with Crippen LogP contribution in [0.15, 0.2) is 71.1 Å². The fraction of sp³-hybridized carbons (Fsp3) is 0.312. The number of para-hydroxylation sites is 1. The van der Waals surface area contributed by atoms with Crippen LogP contribution in [0.1, 0.15) is 43.2 Å². The highest BCUT2D eigenvalue weighted by Crippen LogP contribution is 2.34. The number of benzene rings is 3. The summed E-state index contributed by atoms with van der Waals surface area (Å²) < 4.78 is 22.6. The third kappa shape index (κ3) is 7.64. The number of amides is 1. The lowest BCUT2D eigenvalue weighted by Crippen LogP contribution is -2.32. The second-order valence-electron chi connectivity index (χ2n) is 10.5. The van der Waals surface area contributed by atoms with Gasteiger partial charge in [0.25, 0.3) is 0 Å².